The number of nitrogens with two attached hydrogens (primary N) is 1. The van der Waals surface area contributed by atoms with E-state index in [2.05, 4.69) is 26.5 Å². The molecule has 0 radical (unpaired) electrons. The van der Waals surface area contributed by atoms with Crippen LogP contribution in [0.2, 0.25) is 0 Å². The fourth-order valence-corrected chi connectivity index (χ4v) is 2.30. The largest absolute Gasteiger partial charge is 0.353 e. The standard InChI is InChI=1S/C11H14N4S/c1-15(8-10-3-2-6-16-10)11-9(7-12)4-5-13-14-11/h2-6H,7-8,12H2,1H3. The molecule has 0 aliphatic carbocycles. The van der Waals surface area contributed by atoms with Crippen LogP contribution in [0, 0.1) is 0 Å². The van der Waals surface area contributed by atoms with Gasteiger partial charge in [-0.05, 0) is 17.5 Å². The van der Waals surface area contributed by atoms with E-state index in [4.69, 9.17) is 5.73 Å². The summed E-state index contributed by atoms with van der Waals surface area (Å²) in [6, 6.07) is 6.07. The predicted molar refractivity (Wildman–Crippen MR) is 66.3 cm³/mol. The summed E-state index contributed by atoms with van der Waals surface area (Å²) < 4.78 is 0. The highest BCUT2D eigenvalue weighted by atomic mass is 32.1. The van der Waals surface area contributed by atoms with Crippen LogP contribution in [0.15, 0.2) is 29.8 Å². The Labute approximate surface area is 98.7 Å². The number of hydrogen-bond acceptors (Lipinski definition) is 5. The smallest absolute Gasteiger partial charge is 0.155 e. The monoisotopic (exact) mass is 234 g/mol. The first-order valence-corrected chi connectivity index (χ1v) is 5.93. The highest BCUT2D eigenvalue weighted by Gasteiger charge is 2.09. The third-order valence-electron chi connectivity index (χ3n) is 2.34. The van der Waals surface area contributed by atoms with Gasteiger partial charge in [0.15, 0.2) is 5.82 Å². The molecule has 0 bridgehead atoms. The first-order chi connectivity index (χ1) is 7.81. The summed E-state index contributed by atoms with van der Waals surface area (Å²) in [5.41, 5.74) is 6.69. The van der Waals surface area contributed by atoms with Gasteiger partial charge in [0.25, 0.3) is 0 Å². The van der Waals surface area contributed by atoms with Crippen LogP contribution in [-0.2, 0) is 13.1 Å². The average Bonchev–Trinajstić information content (AvgIpc) is 2.81. The maximum absolute atomic E-state index is 5.67. The van der Waals surface area contributed by atoms with Crippen molar-refractivity contribution in [3.05, 3.63) is 40.2 Å². The van der Waals surface area contributed by atoms with Gasteiger partial charge in [0.2, 0.25) is 0 Å². The van der Waals surface area contributed by atoms with E-state index in [1.54, 1.807) is 17.5 Å². The molecule has 0 amide bonds. The Morgan fingerprint density at radius 3 is 3.00 bits per heavy atom. The van der Waals surface area contributed by atoms with E-state index < -0.39 is 0 Å². The van der Waals surface area contributed by atoms with Gasteiger partial charge in [0.1, 0.15) is 0 Å². The lowest BCUT2D eigenvalue weighted by atomic mass is 10.2. The van der Waals surface area contributed by atoms with Crippen LogP contribution in [0.4, 0.5) is 5.82 Å². The summed E-state index contributed by atoms with van der Waals surface area (Å²) in [6.45, 7) is 1.32. The van der Waals surface area contributed by atoms with Crippen molar-refractivity contribution in [2.75, 3.05) is 11.9 Å². The van der Waals surface area contributed by atoms with E-state index >= 15 is 0 Å². The van der Waals surface area contributed by atoms with Crippen LogP contribution < -0.4 is 10.6 Å². The number of rotatable bonds is 4. The van der Waals surface area contributed by atoms with Crippen LogP contribution in [0.1, 0.15) is 10.4 Å². The lowest BCUT2D eigenvalue weighted by Gasteiger charge is -2.18. The van der Waals surface area contributed by atoms with E-state index in [1.807, 2.05) is 19.2 Å². The molecule has 0 aromatic carbocycles. The molecule has 2 N–H and O–H groups in total. The Morgan fingerprint density at radius 2 is 2.31 bits per heavy atom. The Balaban J connectivity index is 2.17. The Morgan fingerprint density at radius 1 is 1.44 bits per heavy atom. The number of nitrogens with zero attached hydrogens (tertiary/aromatic N) is 3. The third-order valence-corrected chi connectivity index (χ3v) is 3.20. The molecule has 4 nitrogen and oxygen atoms in total. The molecule has 0 atom stereocenters. The van der Waals surface area contributed by atoms with Crippen LogP contribution in [0.5, 0.6) is 0 Å². The summed E-state index contributed by atoms with van der Waals surface area (Å²) in [4.78, 5) is 3.37. The van der Waals surface area contributed by atoms with Crippen molar-refractivity contribution < 1.29 is 0 Å². The molecule has 0 unspecified atom stereocenters. The quantitative estimate of drug-likeness (QED) is 0.873. The molecule has 84 valence electrons. The number of thiophene rings is 1. The maximum Gasteiger partial charge on any atom is 0.155 e. The van der Waals surface area contributed by atoms with Crippen molar-refractivity contribution in [1.82, 2.24) is 10.2 Å². The molecule has 2 rings (SSSR count). The van der Waals surface area contributed by atoms with Gasteiger partial charge in [-0.1, -0.05) is 6.07 Å². The molecule has 0 aliphatic heterocycles. The Hall–Kier alpha value is -1.46. The van der Waals surface area contributed by atoms with Gasteiger partial charge in [-0.15, -0.1) is 16.4 Å². The normalized spacial score (nSPS) is 10.4. The second-order valence-corrected chi connectivity index (χ2v) is 4.55. The van der Waals surface area contributed by atoms with E-state index in [0.29, 0.717) is 6.54 Å². The molecule has 0 fully saturated rings. The molecule has 5 heteroatoms. The lowest BCUT2D eigenvalue weighted by Crippen LogP contribution is -2.20. The van der Waals surface area contributed by atoms with Crippen molar-refractivity contribution in [1.29, 1.82) is 0 Å². The summed E-state index contributed by atoms with van der Waals surface area (Å²) >= 11 is 1.74. The maximum atomic E-state index is 5.67. The second-order valence-electron chi connectivity index (χ2n) is 3.52. The minimum Gasteiger partial charge on any atom is -0.353 e. The molecule has 2 heterocycles. The van der Waals surface area contributed by atoms with Gasteiger partial charge in [-0.3, -0.25) is 0 Å². The van der Waals surface area contributed by atoms with E-state index in [-0.39, 0.29) is 0 Å². The number of anilines is 1. The lowest BCUT2D eigenvalue weighted by molar-refractivity contribution is 0.851. The van der Waals surface area contributed by atoms with E-state index in [1.165, 1.54) is 4.88 Å². The number of hydrogen-bond donors (Lipinski definition) is 1. The molecule has 0 saturated heterocycles. The highest BCUT2D eigenvalue weighted by molar-refractivity contribution is 7.09. The molecule has 0 spiro atoms. The SMILES string of the molecule is CN(Cc1cccs1)c1nnccc1CN. The summed E-state index contributed by atoms with van der Waals surface area (Å²) in [5.74, 6) is 0.860. The molecule has 2 aromatic heterocycles. The van der Waals surface area contributed by atoms with E-state index in [0.717, 1.165) is 17.9 Å². The van der Waals surface area contributed by atoms with Gasteiger partial charge in [0, 0.05) is 24.0 Å². The van der Waals surface area contributed by atoms with Gasteiger partial charge < -0.3 is 10.6 Å². The zero-order chi connectivity index (χ0) is 11.4. The molecule has 2 aromatic rings. The van der Waals surface area contributed by atoms with Crippen molar-refractivity contribution in [3.8, 4) is 0 Å². The molecular formula is C11H14N4S. The second kappa shape index (κ2) is 5.05. The zero-order valence-corrected chi connectivity index (χ0v) is 9.94. The fourth-order valence-electron chi connectivity index (χ4n) is 1.54. The summed E-state index contributed by atoms with van der Waals surface area (Å²) in [6.07, 6.45) is 1.67. The van der Waals surface area contributed by atoms with Crippen molar-refractivity contribution in [2.24, 2.45) is 5.73 Å². The molecule has 16 heavy (non-hydrogen) atoms. The summed E-state index contributed by atoms with van der Waals surface area (Å²) in [5, 5.41) is 10.1. The summed E-state index contributed by atoms with van der Waals surface area (Å²) in [7, 11) is 2.00. The van der Waals surface area contributed by atoms with Crippen molar-refractivity contribution in [2.45, 2.75) is 13.1 Å². The minimum atomic E-state index is 0.486. The van der Waals surface area contributed by atoms with E-state index in [9.17, 15) is 0 Å². The van der Waals surface area contributed by atoms with Crippen LogP contribution in [-0.4, -0.2) is 17.2 Å². The number of aromatic nitrogens is 2. The van der Waals surface area contributed by atoms with Crippen molar-refractivity contribution >= 4 is 17.2 Å². The fraction of sp³-hybridized carbons (Fsp3) is 0.273. The zero-order valence-electron chi connectivity index (χ0n) is 9.13. The molecular weight excluding hydrogens is 220 g/mol. The van der Waals surface area contributed by atoms with Crippen LogP contribution >= 0.6 is 11.3 Å². The minimum absolute atomic E-state index is 0.486. The Kier molecular flexibility index (Phi) is 3.48. The topological polar surface area (TPSA) is 55.0 Å². The predicted octanol–water partition coefficient (Wildman–Crippen LogP) is 1.63. The Bertz CT molecular complexity index is 441. The molecule has 0 aliphatic rings. The molecule has 0 saturated carbocycles. The average molecular weight is 234 g/mol. The van der Waals surface area contributed by atoms with Gasteiger partial charge in [-0.25, -0.2) is 0 Å². The first-order valence-electron chi connectivity index (χ1n) is 5.05. The van der Waals surface area contributed by atoms with Gasteiger partial charge in [-0.2, -0.15) is 5.10 Å². The van der Waals surface area contributed by atoms with Gasteiger partial charge >= 0.3 is 0 Å². The highest BCUT2D eigenvalue weighted by Crippen LogP contribution is 2.18. The van der Waals surface area contributed by atoms with Crippen LogP contribution in [0.25, 0.3) is 0 Å². The van der Waals surface area contributed by atoms with Gasteiger partial charge in [0.05, 0.1) is 12.7 Å². The van der Waals surface area contributed by atoms with Crippen LogP contribution in [0.3, 0.4) is 0 Å². The third kappa shape index (κ3) is 2.37. The van der Waals surface area contributed by atoms with Crippen molar-refractivity contribution in [3.63, 3.8) is 0 Å². The first kappa shape index (κ1) is 11.0.